The van der Waals surface area contributed by atoms with Gasteiger partial charge < -0.3 is 9.73 Å². The molecule has 0 spiro atoms. The van der Waals surface area contributed by atoms with Gasteiger partial charge in [0.1, 0.15) is 16.4 Å². The molecule has 21 heavy (non-hydrogen) atoms. The van der Waals surface area contributed by atoms with E-state index in [1.54, 1.807) is 26.1 Å². The Kier molecular flexibility index (Phi) is 4.98. The lowest BCUT2D eigenvalue weighted by atomic mass is 10.3. The number of anilines is 1. The molecule has 5 nitrogen and oxygen atoms in total. The van der Waals surface area contributed by atoms with Crippen LogP contribution in [0.25, 0.3) is 0 Å². The van der Waals surface area contributed by atoms with Crippen LogP contribution >= 0.6 is 27.5 Å². The maximum Gasteiger partial charge on any atom is 0.265 e. The van der Waals surface area contributed by atoms with Gasteiger partial charge in [-0.15, -0.1) is 0 Å². The first-order valence-electron chi connectivity index (χ1n) is 6.05. The number of hydrogen-bond donors (Lipinski definition) is 2. The number of aryl methyl sites for hydroxylation is 1. The first-order valence-corrected chi connectivity index (χ1v) is 8.70. The standard InChI is InChI=1S/C13H14BrClN2O3S/c1-8-13(6-10(20-8)7-16-2)21(18,19)17-12-5-9(15)3-4-11(12)14/h3-6,16-17H,7H2,1-2H3. The average Bonchev–Trinajstić information content (AvgIpc) is 2.76. The summed E-state index contributed by atoms with van der Waals surface area (Å²) in [4.78, 5) is 0.111. The Labute approximate surface area is 136 Å². The molecule has 0 aliphatic rings. The van der Waals surface area contributed by atoms with E-state index >= 15 is 0 Å². The van der Waals surface area contributed by atoms with Gasteiger partial charge >= 0.3 is 0 Å². The van der Waals surface area contributed by atoms with Crippen molar-refractivity contribution in [1.29, 1.82) is 0 Å². The van der Waals surface area contributed by atoms with Crippen molar-refractivity contribution in [3.05, 3.63) is 45.3 Å². The van der Waals surface area contributed by atoms with Gasteiger partial charge in [-0.3, -0.25) is 4.72 Å². The van der Waals surface area contributed by atoms with E-state index in [4.69, 9.17) is 16.0 Å². The molecule has 0 saturated heterocycles. The molecule has 0 aliphatic carbocycles. The summed E-state index contributed by atoms with van der Waals surface area (Å²) in [5.74, 6) is 0.895. The van der Waals surface area contributed by atoms with Gasteiger partial charge in [0, 0.05) is 15.6 Å². The molecule has 2 N–H and O–H groups in total. The predicted octanol–water partition coefficient (Wildman–Crippen LogP) is 3.52. The van der Waals surface area contributed by atoms with Crippen molar-refractivity contribution in [2.45, 2.75) is 18.4 Å². The van der Waals surface area contributed by atoms with Crippen LogP contribution in [0.2, 0.25) is 5.02 Å². The molecule has 0 amide bonds. The zero-order chi connectivity index (χ0) is 15.6. The monoisotopic (exact) mass is 392 g/mol. The van der Waals surface area contributed by atoms with Crippen molar-refractivity contribution in [1.82, 2.24) is 5.32 Å². The Hall–Kier alpha value is -1.02. The summed E-state index contributed by atoms with van der Waals surface area (Å²) >= 11 is 9.17. The summed E-state index contributed by atoms with van der Waals surface area (Å²) in [6, 6.07) is 6.38. The van der Waals surface area contributed by atoms with Gasteiger partial charge in [-0.05, 0) is 48.1 Å². The lowest BCUT2D eigenvalue weighted by molar-refractivity contribution is 0.466. The fourth-order valence-corrected chi connectivity index (χ4v) is 3.75. The lowest BCUT2D eigenvalue weighted by Crippen LogP contribution is -2.13. The third kappa shape index (κ3) is 3.79. The SMILES string of the molecule is CNCc1cc(S(=O)(=O)Nc2cc(Cl)ccc2Br)c(C)o1. The molecule has 0 atom stereocenters. The highest BCUT2D eigenvalue weighted by Gasteiger charge is 2.22. The van der Waals surface area contributed by atoms with Gasteiger partial charge in [0.25, 0.3) is 10.0 Å². The first-order chi connectivity index (χ1) is 9.83. The first kappa shape index (κ1) is 16.4. The third-order valence-corrected chi connectivity index (χ3v) is 5.14. The molecule has 2 rings (SSSR count). The number of benzene rings is 1. The zero-order valence-corrected chi connectivity index (χ0v) is 14.6. The molecule has 1 aromatic heterocycles. The summed E-state index contributed by atoms with van der Waals surface area (Å²) in [5.41, 5.74) is 0.373. The predicted molar refractivity (Wildman–Crippen MR) is 86.2 cm³/mol. The van der Waals surface area contributed by atoms with Gasteiger partial charge in [0.2, 0.25) is 0 Å². The Morgan fingerprint density at radius 2 is 2.05 bits per heavy atom. The summed E-state index contributed by atoms with van der Waals surface area (Å²) in [5, 5.41) is 3.35. The highest BCUT2D eigenvalue weighted by atomic mass is 79.9. The Balaban J connectivity index is 2.36. The summed E-state index contributed by atoms with van der Waals surface area (Å²) in [7, 11) is -1.98. The molecule has 0 fully saturated rings. The minimum Gasteiger partial charge on any atom is -0.464 e. The van der Waals surface area contributed by atoms with Gasteiger partial charge in [-0.1, -0.05) is 11.6 Å². The average molecular weight is 394 g/mol. The molecule has 1 heterocycles. The van der Waals surface area contributed by atoms with E-state index in [2.05, 4.69) is 26.0 Å². The van der Waals surface area contributed by atoms with Crippen LogP contribution in [0.1, 0.15) is 11.5 Å². The minimum atomic E-state index is -3.74. The van der Waals surface area contributed by atoms with E-state index in [9.17, 15) is 8.42 Å². The molecule has 0 aliphatic heterocycles. The number of hydrogen-bond acceptors (Lipinski definition) is 4. The third-order valence-electron chi connectivity index (χ3n) is 2.74. The van der Waals surface area contributed by atoms with Crippen molar-refractivity contribution >= 4 is 43.2 Å². The number of nitrogens with one attached hydrogen (secondary N) is 2. The zero-order valence-electron chi connectivity index (χ0n) is 11.4. The number of halogens is 2. The van der Waals surface area contributed by atoms with Gasteiger partial charge in [-0.25, -0.2) is 8.42 Å². The molecular weight excluding hydrogens is 380 g/mol. The Bertz CT molecular complexity index is 759. The fraction of sp³-hybridized carbons (Fsp3) is 0.231. The minimum absolute atomic E-state index is 0.111. The van der Waals surface area contributed by atoms with Crippen LogP contribution in [0.3, 0.4) is 0 Å². The second-order valence-electron chi connectivity index (χ2n) is 4.39. The largest absolute Gasteiger partial charge is 0.464 e. The number of furan rings is 1. The molecule has 0 bridgehead atoms. The Morgan fingerprint density at radius 3 is 2.71 bits per heavy atom. The van der Waals surface area contributed by atoms with Crippen LogP contribution in [0.5, 0.6) is 0 Å². The van der Waals surface area contributed by atoms with E-state index in [1.165, 1.54) is 12.1 Å². The normalized spacial score (nSPS) is 11.6. The van der Waals surface area contributed by atoms with Crippen LogP contribution in [0.4, 0.5) is 5.69 Å². The molecule has 2 aromatic rings. The van der Waals surface area contributed by atoms with Crippen LogP contribution in [-0.2, 0) is 16.6 Å². The Morgan fingerprint density at radius 1 is 1.33 bits per heavy atom. The van der Waals surface area contributed by atoms with E-state index in [0.29, 0.717) is 33.2 Å². The van der Waals surface area contributed by atoms with Crippen molar-refractivity contribution in [2.24, 2.45) is 0 Å². The van der Waals surface area contributed by atoms with Crippen molar-refractivity contribution in [2.75, 3.05) is 11.8 Å². The van der Waals surface area contributed by atoms with E-state index in [-0.39, 0.29) is 4.90 Å². The maximum absolute atomic E-state index is 12.4. The van der Waals surface area contributed by atoms with Crippen LogP contribution in [0.15, 0.2) is 38.1 Å². The highest BCUT2D eigenvalue weighted by molar-refractivity contribution is 9.10. The molecule has 0 unspecified atom stereocenters. The second kappa shape index (κ2) is 6.39. The number of sulfonamides is 1. The van der Waals surface area contributed by atoms with Gasteiger partial charge in [-0.2, -0.15) is 0 Å². The smallest absolute Gasteiger partial charge is 0.265 e. The summed E-state index contributed by atoms with van der Waals surface area (Å²) in [6.45, 7) is 2.07. The topological polar surface area (TPSA) is 71.3 Å². The van der Waals surface area contributed by atoms with Crippen LogP contribution in [0, 0.1) is 6.92 Å². The number of rotatable bonds is 5. The van der Waals surface area contributed by atoms with Gasteiger partial charge in [0.05, 0.1) is 12.2 Å². The van der Waals surface area contributed by atoms with Crippen molar-refractivity contribution in [3.63, 3.8) is 0 Å². The fourth-order valence-electron chi connectivity index (χ4n) is 1.83. The van der Waals surface area contributed by atoms with Gasteiger partial charge in [0.15, 0.2) is 0 Å². The quantitative estimate of drug-likeness (QED) is 0.815. The summed E-state index contributed by atoms with van der Waals surface area (Å²) < 4.78 is 33.4. The van der Waals surface area contributed by atoms with Crippen LogP contribution in [-0.4, -0.2) is 15.5 Å². The van der Waals surface area contributed by atoms with E-state index in [0.717, 1.165) is 0 Å². The lowest BCUT2D eigenvalue weighted by Gasteiger charge is -2.09. The highest BCUT2D eigenvalue weighted by Crippen LogP contribution is 2.29. The second-order valence-corrected chi connectivity index (χ2v) is 7.33. The van der Waals surface area contributed by atoms with Crippen molar-refractivity contribution < 1.29 is 12.8 Å². The molecule has 0 radical (unpaired) electrons. The maximum atomic E-state index is 12.4. The van der Waals surface area contributed by atoms with Crippen LogP contribution < -0.4 is 10.0 Å². The summed E-state index contributed by atoms with van der Waals surface area (Å²) in [6.07, 6.45) is 0. The van der Waals surface area contributed by atoms with Crippen molar-refractivity contribution in [3.8, 4) is 0 Å². The molecular formula is C13H14BrClN2O3S. The molecule has 8 heteroatoms. The van der Waals surface area contributed by atoms with E-state index < -0.39 is 10.0 Å². The molecule has 114 valence electrons. The van der Waals surface area contributed by atoms with E-state index in [1.807, 2.05) is 0 Å². The molecule has 1 aromatic carbocycles. The molecule has 0 saturated carbocycles.